The summed E-state index contributed by atoms with van der Waals surface area (Å²) in [6, 6.07) is 0. The van der Waals surface area contributed by atoms with Crippen molar-refractivity contribution in [3.8, 4) is 0 Å². The third kappa shape index (κ3) is 4.32. The standard InChI is InChI=1S/C5H11NO2S/c1-7-5(8-2)3-4(6)9/h5H,3H2,1-2H3,(H2,6,9). The lowest BCUT2D eigenvalue weighted by molar-refractivity contribution is -0.0956. The van der Waals surface area contributed by atoms with E-state index >= 15 is 0 Å². The minimum absolute atomic E-state index is 0.289. The predicted molar refractivity (Wildman–Crippen MR) is 39.2 cm³/mol. The highest BCUT2D eigenvalue weighted by Gasteiger charge is 2.04. The molecule has 0 aromatic heterocycles. The van der Waals surface area contributed by atoms with Gasteiger partial charge >= 0.3 is 0 Å². The average molecular weight is 149 g/mol. The van der Waals surface area contributed by atoms with Crippen LogP contribution < -0.4 is 5.73 Å². The molecule has 0 aliphatic heterocycles. The smallest absolute Gasteiger partial charge is 0.163 e. The fraction of sp³-hybridized carbons (Fsp3) is 0.800. The van der Waals surface area contributed by atoms with Gasteiger partial charge in [0.05, 0.1) is 4.99 Å². The van der Waals surface area contributed by atoms with Crippen LogP contribution in [-0.2, 0) is 9.47 Å². The summed E-state index contributed by atoms with van der Waals surface area (Å²) in [6.07, 6.45) is 0.185. The van der Waals surface area contributed by atoms with Crippen molar-refractivity contribution in [3.63, 3.8) is 0 Å². The Morgan fingerprint density at radius 3 is 2.11 bits per heavy atom. The highest BCUT2D eigenvalue weighted by molar-refractivity contribution is 7.80. The molecule has 4 heteroatoms. The third-order valence-electron chi connectivity index (χ3n) is 0.894. The van der Waals surface area contributed by atoms with Crippen molar-refractivity contribution in [2.45, 2.75) is 12.7 Å². The van der Waals surface area contributed by atoms with Crippen molar-refractivity contribution >= 4 is 17.2 Å². The number of rotatable bonds is 4. The highest BCUT2D eigenvalue weighted by Crippen LogP contribution is 1.96. The Bertz CT molecular complexity index is 93.0. The summed E-state index contributed by atoms with van der Waals surface area (Å²) in [5.74, 6) is 0. The first-order chi connectivity index (χ1) is 4.20. The van der Waals surface area contributed by atoms with Gasteiger partial charge in [-0.3, -0.25) is 0 Å². The molecular formula is C5H11NO2S. The number of thiocarbonyl (C=S) groups is 1. The number of ether oxygens (including phenoxy) is 2. The fourth-order valence-corrected chi connectivity index (χ4v) is 0.563. The lowest BCUT2D eigenvalue weighted by atomic mass is 10.4. The van der Waals surface area contributed by atoms with Crippen LogP contribution in [0.4, 0.5) is 0 Å². The minimum atomic E-state index is -0.289. The zero-order chi connectivity index (χ0) is 7.28. The number of hydrogen-bond acceptors (Lipinski definition) is 3. The third-order valence-corrected chi connectivity index (χ3v) is 1.06. The molecule has 0 fully saturated rings. The van der Waals surface area contributed by atoms with E-state index in [0.29, 0.717) is 11.4 Å². The Kier molecular flexibility index (Phi) is 4.57. The van der Waals surface area contributed by atoms with E-state index in [1.165, 1.54) is 0 Å². The molecule has 0 atom stereocenters. The Hall–Kier alpha value is -0.190. The lowest BCUT2D eigenvalue weighted by Gasteiger charge is -2.10. The SMILES string of the molecule is COC(CC(N)=S)OC. The largest absolute Gasteiger partial charge is 0.393 e. The summed E-state index contributed by atoms with van der Waals surface area (Å²) in [4.78, 5) is 0.406. The maximum Gasteiger partial charge on any atom is 0.163 e. The van der Waals surface area contributed by atoms with Crippen LogP contribution in [0.5, 0.6) is 0 Å². The summed E-state index contributed by atoms with van der Waals surface area (Å²) >= 11 is 4.62. The Morgan fingerprint density at radius 1 is 1.56 bits per heavy atom. The molecule has 0 heterocycles. The van der Waals surface area contributed by atoms with Crippen LogP contribution in [0.1, 0.15) is 6.42 Å². The van der Waals surface area contributed by atoms with Crippen LogP contribution in [0, 0.1) is 0 Å². The van der Waals surface area contributed by atoms with Crippen LogP contribution in [0.15, 0.2) is 0 Å². The Labute approximate surface area is 60.1 Å². The maximum atomic E-state index is 5.22. The molecule has 54 valence electrons. The topological polar surface area (TPSA) is 44.5 Å². The van der Waals surface area contributed by atoms with Gasteiger partial charge in [0.2, 0.25) is 0 Å². The van der Waals surface area contributed by atoms with Crippen molar-refractivity contribution < 1.29 is 9.47 Å². The molecule has 3 nitrogen and oxygen atoms in total. The first-order valence-electron chi connectivity index (χ1n) is 2.54. The van der Waals surface area contributed by atoms with E-state index < -0.39 is 0 Å². The van der Waals surface area contributed by atoms with Gasteiger partial charge in [0.25, 0.3) is 0 Å². The molecule has 0 rings (SSSR count). The van der Waals surface area contributed by atoms with E-state index in [2.05, 4.69) is 12.2 Å². The van der Waals surface area contributed by atoms with Crippen molar-refractivity contribution in [2.24, 2.45) is 5.73 Å². The second kappa shape index (κ2) is 4.67. The maximum absolute atomic E-state index is 5.22. The van der Waals surface area contributed by atoms with Gasteiger partial charge in [-0.1, -0.05) is 12.2 Å². The molecule has 0 amide bonds. The zero-order valence-electron chi connectivity index (χ0n) is 5.59. The molecule has 0 aromatic carbocycles. The van der Waals surface area contributed by atoms with Gasteiger partial charge in [0, 0.05) is 20.6 Å². The molecule has 0 saturated heterocycles. The van der Waals surface area contributed by atoms with Crippen molar-refractivity contribution in [2.75, 3.05) is 14.2 Å². The Morgan fingerprint density at radius 2 is 2.00 bits per heavy atom. The first kappa shape index (κ1) is 8.81. The van der Waals surface area contributed by atoms with Gasteiger partial charge in [-0.05, 0) is 0 Å². The van der Waals surface area contributed by atoms with Gasteiger partial charge in [-0.25, -0.2) is 0 Å². The summed E-state index contributed by atoms with van der Waals surface area (Å²) in [5.41, 5.74) is 5.22. The van der Waals surface area contributed by atoms with Crippen LogP contribution in [0.3, 0.4) is 0 Å². The molecule has 0 unspecified atom stereocenters. The van der Waals surface area contributed by atoms with Gasteiger partial charge in [-0.15, -0.1) is 0 Å². The second-order valence-corrected chi connectivity index (χ2v) is 2.10. The number of nitrogens with two attached hydrogens (primary N) is 1. The molecule has 9 heavy (non-hydrogen) atoms. The molecular weight excluding hydrogens is 138 g/mol. The monoisotopic (exact) mass is 149 g/mol. The molecule has 0 radical (unpaired) electrons. The van der Waals surface area contributed by atoms with E-state index in [0.717, 1.165) is 0 Å². The molecule has 2 N–H and O–H groups in total. The van der Waals surface area contributed by atoms with Crippen molar-refractivity contribution in [1.82, 2.24) is 0 Å². The number of methoxy groups -OCH3 is 2. The van der Waals surface area contributed by atoms with E-state index in [9.17, 15) is 0 Å². The molecule has 0 aliphatic carbocycles. The first-order valence-corrected chi connectivity index (χ1v) is 2.95. The van der Waals surface area contributed by atoms with Crippen LogP contribution >= 0.6 is 12.2 Å². The van der Waals surface area contributed by atoms with E-state index in [1.807, 2.05) is 0 Å². The average Bonchev–Trinajstić information content (AvgIpc) is 1.82. The summed E-state index contributed by atoms with van der Waals surface area (Å²) in [7, 11) is 3.10. The minimum Gasteiger partial charge on any atom is -0.393 e. The van der Waals surface area contributed by atoms with E-state index in [1.54, 1.807) is 14.2 Å². The van der Waals surface area contributed by atoms with Crippen LogP contribution in [0.25, 0.3) is 0 Å². The summed E-state index contributed by atoms with van der Waals surface area (Å²) in [5, 5.41) is 0. The normalized spacial score (nSPS) is 10.1. The van der Waals surface area contributed by atoms with Crippen molar-refractivity contribution in [3.05, 3.63) is 0 Å². The van der Waals surface area contributed by atoms with Gasteiger partial charge in [0.1, 0.15) is 0 Å². The van der Waals surface area contributed by atoms with Crippen molar-refractivity contribution in [1.29, 1.82) is 0 Å². The highest BCUT2D eigenvalue weighted by atomic mass is 32.1. The van der Waals surface area contributed by atoms with Crippen LogP contribution in [0.2, 0.25) is 0 Å². The fourth-order valence-electron chi connectivity index (χ4n) is 0.427. The molecule has 0 aliphatic rings. The van der Waals surface area contributed by atoms with Gasteiger partial charge in [0.15, 0.2) is 6.29 Å². The molecule has 0 bridgehead atoms. The molecule has 0 saturated carbocycles. The van der Waals surface area contributed by atoms with Crippen LogP contribution in [-0.4, -0.2) is 25.5 Å². The molecule has 0 spiro atoms. The summed E-state index contributed by atoms with van der Waals surface area (Å²) < 4.78 is 9.64. The lowest BCUT2D eigenvalue weighted by Crippen LogP contribution is -2.21. The number of hydrogen-bond donors (Lipinski definition) is 1. The van der Waals surface area contributed by atoms with E-state index in [-0.39, 0.29) is 6.29 Å². The van der Waals surface area contributed by atoms with Gasteiger partial charge < -0.3 is 15.2 Å². The zero-order valence-corrected chi connectivity index (χ0v) is 6.40. The predicted octanol–water partition coefficient (Wildman–Crippen LogP) is 0.282. The van der Waals surface area contributed by atoms with Gasteiger partial charge in [-0.2, -0.15) is 0 Å². The summed E-state index contributed by atoms with van der Waals surface area (Å²) in [6.45, 7) is 0. The Balaban J connectivity index is 3.43. The molecule has 0 aromatic rings. The van der Waals surface area contributed by atoms with E-state index in [4.69, 9.17) is 15.2 Å². The quantitative estimate of drug-likeness (QED) is 0.460. The second-order valence-electron chi connectivity index (χ2n) is 1.57.